The fourth-order valence-electron chi connectivity index (χ4n) is 1.61. The molecular weight excluding hydrogens is 148 g/mol. The Morgan fingerprint density at radius 3 is 2.45 bits per heavy atom. The van der Waals surface area contributed by atoms with E-state index < -0.39 is 6.43 Å². The predicted molar refractivity (Wildman–Crippen MR) is 40.6 cm³/mol. The minimum absolute atomic E-state index is 0.166. The van der Waals surface area contributed by atoms with Crippen molar-refractivity contribution in [2.75, 3.05) is 0 Å². The van der Waals surface area contributed by atoms with E-state index in [1.807, 2.05) is 0 Å². The smallest absolute Gasteiger partial charge is 0.241 e. The molecule has 0 bridgehead atoms. The maximum absolute atomic E-state index is 12.2. The molecule has 1 rings (SSSR count). The van der Waals surface area contributed by atoms with Crippen LogP contribution in [0.3, 0.4) is 0 Å². The Bertz CT molecular complexity index is 117. The maximum Gasteiger partial charge on any atom is 0.241 e. The number of nitrogens with two attached hydrogens (primary N) is 1. The molecule has 66 valence electrons. The molecule has 3 heteroatoms. The van der Waals surface area contributed by atoms with E-state index in [0.717, 1.165) is 19.3 Å². The zero-order valence-corrected chi connectivity index (χ0v) is 6.60. The molecule has 0 heterocycles. The Balaban J connectivity index is 2.34. The van der Waals surface area contributed by atoms with Gasteiger partial charge in [0.1, 0.15) is 0 Å². The third kappa shape index (κ3) is 2.73. The summed E-state index contributed by atoms with van der Waals surface area (Å²) in [6, 6.07) is 0.166. The van der Waals surface area contributed by atoms with Gasteiger partial charge in [-0.15, -0.1) is 0 Å². The Morgan fingerprint density at radius 2 is 1.82 bits per heavy atom. The van der Waals surface area contributed by atoms with Crippen LogP contribution in [-0.2, 0) is 0 Å². The highest BCUT2D eigenvalue weighted by Gasteiger charge is 2.23. The summed E-state index contributed by atoms with van der Waals surface area (Å²) < 4.78 is 24.4. The second-order valence-electron chi connectivity index (χ2n) is 3.36. The van der Waals surface area contributed by atoms with Crippen molar-refractivity contribution in [1.29, 1.82) is 0 Å². The second kappa shape index (κ2) is 4.00. The third-order valence-corrected chi connectivity index (χ3v) is 2.41. The number of hydrogen-bond acceptors (Lipinski definition) is 1. The zero-order valence-electron chi connectivity index (χ0n) is 6.60. The van der Waals surface area contributed by atoms with E-state index in [-0.39, 0.29) is 12.0 Å². The Hall–Kier alpha value is -0.180. The Kier molecular flexibility index (Phi) is 3.24. The van der Waals surface area contributed by atoms with E-state index >= 15 is 0 Å². The molecule has 2 unspecified atom stereocenters. The minimum atomic E-state index is -2.14. The van der Waals surface area contributed by atoms with E-state index in [4.69, 9.17) is 5.73 Å². The van der Waals surface area contributed by atoms with E-state index in [9.17, 15) is 8.78 Å². The van der Waals surface area contributed by atoms with Crippen molar-refractivity contribution in [3.05, 3.63) is 0 Å². The molecule has 0 aromatic carbocycles. The van der Waals surface area contributed by atoms with Crippen molar-refractivity contribution in [2.45, 2.75) is 44.6 Å². The third-order valence-electron chi connectivity index (χ3n) is 2.41. The first-order chi connectivity index (χ1) is 5.20. The summed E-state index contributed by atoms with van der Waals surface area (Å²) in [5.74, 6) is -0.386. The summed E-state index contributed by atoms with van der Waals surface area (Å²) in [5, 5.41) is 0. The lowest BCUT2D eigenvalue weighted by Crippen LogP contribution is -2.18. The molecular formula is C8H15F2N. The van der Waals surface area contributed by atoms with Gasteiger partial charge in [0.25, 0.3) is 0 Å². The van der Waals surface area contributed by atoms with Crippen LogP contribution in [0.25, 0.3) is 0 Å². The number of hydrogen-bond donors (Lipinski definition) is 1. The molecule has 11 heavy (non-hydrogen) atoms. The lowest BCUT2D eigenvalue weighted by Gasteiger charge is -2.11. The average molecular weight is 163 g/mol. The van der Waals surface area contributed by atoms with Crippen LogP contribution in [0.4, 0.5) is 8.78 Å². The maximum atomic E-state index is 12.2. The van der Waals surface area contributed by atoms with Crippen molar-refractivity contribution in [3.8, 4) is 0 Å². The molecule has 1 nitrogen and oxygen atoms in total. The van der Waals surface area contributed by atoms with Crippen LogP contribution in [0, 0.1) is 5.92 Å². The highest BCUT2D eigenvalue weighted by Crippen LogP contribution is 2.27. The number of alkyl halides is 2. The lowest BCUT2D eigenvalue weighted by atomic mass is 10.0. The first-order valence-corrected chi connectivity index (χ1v) is 4.24. The highest BCUT2D eigenvalue weighted by atomic mass is 19.3. The van der Waals surface area contributed by atoms with Gasteiger partial charge in [-0.25, -0.2) is 8.78 Å². The van der Waals surface area contributed by atoms with E-state index in [1.165, 1.54) is 0 Å². The van der Waals surface area contributed by atoms with Crippen molar-refractivity contribution >= 4 is 0 Å². The summed E-state index contributed by atoms with van der Waals surface area (Å²) in [4.78, 5) is 0. The SMILES string of the molecule is NC1CCCC(C(F)F)CC1. The van der Waals surface area contributed by atoms with Crippen LogP contribution in [0.1, 0.15) is 32.1 Å². The summed E-state index contributed by atoms with van der Waals surface area (Å²) in [5.41, 5.74) is 5.65. The standard InChI is InChI=1S/C8H15F2N/c9-8(10)6-2-1-3-7(11)5-4-6/h6-8H,1-5,11H2. The van der Waals surface area contributed by atoms with Gasteiger partial charge in [0.2, 0.25) is 6.43 Å². The first kappa shape index (κ1) is 8.91. The lowest BCUT2D eigenvalue weighted by molar-refractivity contribution is 0.0686. The van der Waals surface area contributed by atoms with Gasteiger partial charge in [0.15, 0.2) is 0 Å². The largest absolute Gasteiger partial charge is 0.328 e. The van der Waals surface area contributed by atoms with E-state index in [2.05, 4.69) is 0 Å². The number of halogens is 2. The van der Waals surface area contributed by atoms with Gasteiger partial charge in [0, 0.05) is 12.0 Å². The van der Waals surface area contributed by atoms with Gasteiger partial charge in [-0.3, -0.25) is 0 Å². The molecule has 1 aliphatic rings. The highest BCUT2D eigenvalue weighted by molar-refractivity contribution is 4.72. The molecule has 0 radical (unpaired) electrons. The predicted octanol–water partition coefficient (Wildman–Crippen LogP) is 2.16. The van der Waals surface area contributed by atoms with Gasteiger partial charge in [-0.05, 0) is 25.7 Å². The topological polar surface area (TPSA) is 26.0 Å². The van der Waals surface area contributed by atoms with Crippen LogP contribution in [-0.4, -0.2) is 12.5 Å². The van der Waals surface area contributed by atoms with Crippen molar-refractivity contribution in [1.82, 2.24) is 0 Å². The molecule has 1 aliphatic carbocycles. The summed E-state index contributed by atoms with van der Waals surface area (Å²) in [6.45, 7) is 0. The van der Waals surface area contributed by atoms with Crippen LogP contribution >= 0.6 is 0 Å². The van der Waals surface area contributed by atoms with Gasteiger partial charge in [-0.1, -0.05) is 6.42 Å². The van der Waals surface area contributed by atoms with Gasteiger partial charge < -0.3 is 5.73 Å². The number of rotatable bonds is 1. The fourth-order valence-corrected chi connectivity index (χ4v) is 1.61. The quantitative estimate of drug-likeness (QED) is 0.589. The molecule has 0 spiro atoms. The monoisotopic (exact) mass is 163 g/mol. The molecule has 2 N–H and O–H groups in total. The molecule has 2 atom stereocenters. The van der Waals surface area contributed by atoms with Crippen LogP contribution < -0.4 is 5.73 Å². The normalized spacial score (nSPS) is 33.8. The minimum Gasteiger partial charge on any atom is -0.328 e. The summed E-state index contributed by atoms with van der Waals surface area (Å²) in [7, 11) is 0. The van der Waals surface area contributed by atoms with Crippen molar-refractivity contribution < 1.29 is 8.78 Å². The van der Waals surface area contributed by atoms with Crippen LogP contribution in [0.5, 0.6) is 0 Å². The fraction of sp³-hybridized carbons (Fsp3) is 1.00. The molecule has 1 saturated carbocycles. The molecule has 0 aliphatic heterocycles. The van der Waals surface area contributed by atoms with E-state index in [0.29, 0.717) is 12.8 Å². The van der Waals surface area contributed by atoms with Gasteiger partial charge in [-0.2, -0.15) is 0 Å². The summed E-state index contributed by atoms with van der Waals surface area (Å²) in [6.07, 6.45) is 1.69. The average Bonchev–Trinajstić information content (AvgIpc) is 2.13. The van der Waals surface area contributed by atoms with Gasteiger partial charge in [0.05, 0.1) is 0 Å². The van der Waals surface area contributed by atoms with Crippen molar-refractivity contribution in [3.63, 3.8) is 0 Å². The second-order valence-corrected chi connectivity index (χ2v) is 3.36. The van der Waals surface area contributed by atoms with Crippen molar-refractivity contribution in [2.24, 2.45) is 11.7 Å². The van der Waals surface area contributed by atoms with Gasteiger partial charge >= 0.3 is 0 Å². The Morgan fingerprint density at radius 1 is 1.09 bits per heavy atom. The molecule has 1 fully saturated rings. The van der Waals surface area contributed by atoms with Crippen LogP contribution in [0.2, 0.25) is 0 Å². The van der Waals surface area contributed by atoms with E-state index in [1.54, 1.807) is 0 Å². The van der Waals surface area contributed by atoms with Crippen LogP contribution in [0.15, 0.2) is 0 Å². The Labute approximate surface area is 66.0 Å². The molecule has 0 saturated heterocycles. The zero-order chi connectivity index (χ0) is 8.27. The first-order valence-electron chi connectivity index (χ1n) is 4.24. The molecule has 0 aromatic rings. The summed E-state index contributed by atoms with van der Waals surface area (Å²) >= 11 is 0. The molecule has 0 aromatic heterocycles. The molecule has 0 amide bonds.